The van der Waals surface area contributed by atoms with Crippen LogP contribution in [0.25, 0.3) is 0 Å². The second kappa shape index (κ2) is 2.22. The van der Waals surface area contributed by atoms with E-state index in [-0.39, 0.29) is 0 Å². The Morgan fingerprint density at radius 2 is 2.00 bits per heavy atom. The topological polar surface area (TPSA) is 84.2 Å². The SMILES string of the molecule is CNNS(N)(=O)=O. The number of nitrogens with two attached hydrogens (primary N) is 1. The highest BCUT2D eigenvalue weighted by Crippen LogP contribution is 1.54. The molecule has 0 aromatic heterocycles. The number of nitrogens with one attached hydrogen (secondary N) is 2. The highest BCUT2D eigenvalue weighted by molar-refractivity contribution is 7.87. The number of hydrogen-bond acceptors (Lipinski definition) is 3. The van der Waals surface area contributed by atoms with Crippen LogP contribution >= 0.6 is 0 Å². The minimum Gasteiger partial charge on any atom is -0.246 e. The summed E-state index contributed by atoms with van der Waals surface area (Å²) in [5, 5.41) is 4.44. The van der Waals surface area contributed by atoms with Crippen LogP contribution in [0, 0.1) is 0 Å². The van der Waals surface area contributed by atoms with Gasteiger partial charge in [-0.1, -0.05) is 0 Å². The van der Waals surface area contributed by atoms with E-state index in [2.05, 4.69) is 10.6 Å². The van der Waals surface area contributed by atoms with Crippen LogP contribution in [0.5, 0.6) is 0 Å². The van der Waals surface area contributed by atoms with Crippen LogP contribution < -0.4 is 15.4 Å². The van der Waals surface area contributed by atoms with E-state index in [1.54, 1.807) is 4.83 Å². The van der Waals surface area contributed by atoms with E-state index >= 15 is 0 Å². The lowest BCUT2D eigenvalue weighted by Gasteiger charge is -1.93. The minimum absolute atomic E-state index is 1.41. The lowest BCUT2D eigenvalue weighted by molar-refractivity contribution is 0.572. The maximum Gasteiger partial charge on any atom is 0.287 e. The van der Waals surface area contributed by atoms with Gasteiger partial charge in [0.2, 0.25) is 0 Å². The van der Waals surface area contributed by atoms with Gasteiger partial charge in [0, 0.05) is 0 Å². The Morgan fingerprint density at radius 3 is 2.00 bits per heavy atom. The van der Waals surface area contributed by atoms with E-state index in [4.69, 9.17) is 0 Å². The van der Waals surface area contributed by atoms with Crippen molar-refractivity contribution in [3.63, 3.8) is 0 Å². The summed E-state index contributed by atoms with van der Waals surface area (Å²) in [7, 11) is -2.13. The lowest BCUT2D eigenvalue weighted by atomic mass is 11.5. The largest absolute Gasteiger partial charge is 0.287 e. The van der Waals surface area contributed by atoms with Crippen molar-refractivity contribution in [3.05, 3.63) is 0 Å². The van der Waals surface area contributed by atoms with Gasteiger partial charge < -0.3 is 0 Å². The molecular formula is CH7N3O2S. The van der Waals surface area contributed by atoms with Crippen LogP contribution in [0.3, 0.4) is 0 Å². The maximum atomic E-state index is 9.84. The first-order chi connectivity index (χ1) is 3.06. The molecule has 0 radical (unpaired) electrons. The van der Waals surface area contributed by atoms with Gasteiger partial charge >= 0.3 is 0 Å². The zero-order chi connectivity index (χ0) is 5.91. The van der Waals surface area contributed by atoms with E-state index in [0.717, 1.165) is 0 Å². The summed E-state index contributed by atoms with van der Waals surface area (Å²) < 4.78 is 19.7. The fraction of sp³-hybridized carbons (Fsp3) is 1.00. The lowest BCUT2D eigenvalue weighted by Crippen LogP contribution is -2.39. The van der Waals surface area contributed by atoms with Crippen LogP contribution in [0.2, 0.25) is 0 Å². The molecule has 0 atom stereocenters. The second-order valence-electron chi connectivity index (χ2n) is 0.897. The average Bonchev–Trinajstić information content (AvgIpc) is 1.30. The molecule has 0 saturated heterocycles. The summed E-state index contributed by atoms with van der Waals surface area (Å²) >= 11 is 0. The van der Waals surface area contributed by atoms with Crippen LogP contribution in [-0.2, 0) is 10.2 Å². The molecule has 0 aromatic carbocycles. The normalized spacial score (nSPS) is 11.7. The Labute approximate surface area is 42.0 Å². The van der Waals surface area contributed by atoms with Crippen molar-refractivity contribution >= 4 is 10.2 Å². The van der Waals surface area contributed by atoms with E-state index in [1.807, 2.05) is 0 Å². The molecule has 44 valence electrons. The average molecular weight is 125 g/mol. The third-order valence-electron chi connectivity index (χ3n) is 0.244. The summed E-state index contributed by atoms with van der Waals surface area (Å²) in [6.07, 6.45) is 0. The van der Waals surface area contributed by atoms with Gasteiger partial charge in [-0.25, -0.2) is 10.6 Å². The van der Waals surface area contributed by atoms with Crippen LogP contribution in [0.4, 0.5) is 0 Å². The van der Waals surface area contributed by atoms with Gasteiger partial charge in [0.1, 0.15) is 0 Å². The Morgan fingerprint density at radius 1 is 1.57 bits per heavy atom. The molecule has 0 aliphatic rings. The van der Waals surface area contributed by atoms with Gasteiger partial charge in [-0.05, 0) is 7.05 Å². The van der Waals surface area contributed by atoms with Crippen molar-refractivity contribution < 1.29 is 8.42 Å². The van der Waals surface area contributed by atoms with Gasteiger partial charge in [-0.3, -0.25) is 0 Å². The van der Waals surface area contributed by atoms with Crippen molar-refractivity contribution in [3.8, 4) is 0 Å². The van der Waals surface area contributed by atoms with Crippen LogP contribution in [0.15, 0.2) is 0 Å². The standard InChI is InChI=1S/CH7N3O2S/c1-3-4-7(2,5)6/h3-4H,1H3,(H2,2,5,6). The molecule has 0 aromatic rings. The Kier molecular flexibility index (Phi) is 2.16. The third-order valence-corrected chi connectivity index (χ3v) is 0.733. The molecule has 0 heterocycles. The maximum absolute atomic E-state index is 9.84. The molecule has 4 N–H and O–H groups in total. The first-order valence-corrected chi connectivity index (χ1v) is 3.07. The molecule has 0 fully saturated rings. The van der Waals surface area contributed by atoms with Gasteiger partial charge in [0.05, 0.1) is 0 Å². The van der Waals surface area contributed by atoms with Gasteiger partial charge in [0.25, 0.3) is 10.2 Å². The predicted octanol–water partition coefficient (Wildman–Crippen LogP) is -2.09. The summed E-state index contributed by atoms with van der Waals surface area (Å²) in [5.41, 5.74) is 2.14. The van der Waals surface area contributed by atoms with Crippen LogP contribution in [-0.4, -0.2) is 15.5 Å². The van der Waals surface area contributed by atoms with E-state index in [9.17, 15) is 8.42 Å². The molecule has 0 rings (SSSR count). The summed E-state index contributed by atoms with van der Waals surface area (Å²) in [6, 6.07) is 0. The number of hydrazine groups is 1. The van der Waals surface area contributed by atoms with E-state index in [1.165, 1.54) is 7.05 Å². The quantitative estimate of drug-likeness (QED) is 0.370. The molecule has 0 saturated carbocycles. The Hall–Kier alpha value is -0.170. The first kappa shape index (κ1) is 6.83. The van der Waals surface area contributed by atoms with E-state index < -0.39 is 10.2 Å². The molecule has 0 spiro atoms. The van der Waals surface area contributed by atoms with Gasteiger partial charge in [-0.15, -0.1) is 4.83 Å². The number of hydrogen-bond donors (Lipinski definition) is 3. The number of rotatable bonds is 2. The molecule has 0 unspecified atom stereocenters. The molecule has 5 nitrogen and oxygen atoms in total. The van der Waals surface area contributed by atoms with Crippen molar-refractivity contribution in [2.45, 2.75) is 0 Å². The zero-order valence-electron chi connectivity index (χ0n) is 3.80. The zero-order valence-corrected chi connectivity index (χ0v) is 4.62. The second-order valence-corrected chi connectivity index (χ2v) is 2.19. The monoisotopic (exact) mass is 125 g/mol. The third kappa shape index (κ3) is 5.83. The summed E-state index contributed by atoms with van der Waals surface area (Å²) in [4.78, 5) is 1.78. The first-order valence-electron chi connectivity index (χ1n) is 1.52. The molecular weight excluding hydrogens is 118 g/mol. The van der Waals surface area contributed by atoms with Crippen molar-refractivity contribution in [2.75, 3.05) is 7.05 Å². The fourth-order valence-corrected chi connectivity index (χ4v) is 0.427. The Bertz CT molecular complexity index is 126. The van der Waals surface area contributed by atoms with E-state index in [0.29, 0.717) is 0 Å². The molecule has 0 aliphatic heterocycles. The molecule has 6 heteroatoms. The van der Waals surface area contributed by atoms with Crippen molar-refractivity contribution in [1.29, 1.82) is 0 Å². The molecule has 7 heavy (non-hydrogen) atoms. The Balaban J connectivity index is 3.60. The van der Waals surface area contributed by atoms with Crippen molar-refractivity contribution in [1.82, 2.24) is 10.3 Å². The predicted molar refractivity (Wildman–Crippen MR) is 25.3 cm³/mol. The highest BCUT2D eigenvalue weighted by atomic mass is 32.2. The summed E-state index contributed by atoms with van der Waals surface area (Å²) in [6.45, 7) is 0. The van der Waals surface area contributed by atoms with Gasteiger partial charge in [-0.2, -0.15) is 8.42 Å². The highest BCUT2D eigenvalue weighted by Gasteiger charge is 1.92. The molecule has 0 amide bonds. The van der Waals surface area contributed by atoms with Crippen LogP contribution in [0.1, 0.15) is 0 Å². The fourth-order valence-electron chi connectivity index (χ4n) is 0.142. The van der Waals surface area contributed by atoms with Gasteiger partial charge in [0.15, 0.2) is 0 Å². The summed E-state index contributed by atoms with van der Waals surface area (Å²) in [5.74, 6) is 0. The molecule has 0 bridgehead atoms. The van der Waals surface area contributed by atoms with Crippen molar-refractivity contribution in [2.24, 2.45) is 5.14 Å². The minimum atomic E-state index is -3.54. The smallest absolute Gasteiger partial charge is 0.246 e. The molecule has 0 aliphatic carbocycles.